The number of hydrogen-bond acceptors (Lipinski definition) is 5. The van der Waals surface area contributed by atoms with Crippen molar-refractivity contribution in [3.05, 3.63) is 53.4 Å². The number of nitrogens with zero attached hydrogens (tertiary/aromatic N) is 2. The number of rotatable bonds is 3. The number of halogens is 1. The van der Waals surface area contributed by atoms with E-state index in [2.05, 4.69) is 9.97 Å². The number of benzene rings is 1. The first-order chi connectivity index (χ1) is 10.1. The van der Waals surface area contributed by atoms with Crippen LogP contribution in [0.3, 0.4) is 0 Å². The van der Waals surface area contributed by atoms with Crippen molar-refractivity contribution < 1.29 is 13.5 Å². The lowest BCUT2D eigenvalue weighted by molar-refractivity contribution is 0.383. The Balaban J connectivity index is 2.13. The van der Waals surface area contributed by atoms with Gasteiger partial charge in [0.1, 0.15) is 28.9 Å². The molecule has 0 saturated heterocycles. The largest absolute Gasteiger partial charge is 0.480 e. The Labute approximate surface area is 120 Å². The summed E-state index contributed by atoms with van der Waals surface area (Å²) < 4.78 is 24.3. The molecule has 3 rings (SSSR count). The number of hydrogen-bond donors (Lipinski definition) is 1. The average Bonchev–Trinajstić information content (AvgIpc) is 2.83. The number of aryl methyl sites for hydroxylation is 1. The molecule has 0 spiro atoms. The van der Waals surface area contributed by atoms with Gasteiger partial charge >= 0.3 is 0 Å². The van der Waals surface area contributed by atoms with Crippen LogP contribution in [-0.2, 0) is 0 Å². The van der Waals surface area contributed by atoms with E-state index in [9.17, 15) is 4.39 Å². The Morgan fingerprint density at radius 3 is 2.81 bits per heavy atom. The molecule has 0 fully saturated rings. The van der Waals surface area contributed by atoms with E-state index in [0.717, 1.165) is 5.56 Å². The highest BCUT2D eigenvalue weighted by Gasteiger charge is 2.23. The van der Waals surface area contributed by atoms with Crippen molar-refractivity contribution in [1.29, 1.82) is 0 Å². The van der Waals surface area contributed by atoms with Gasteiger partial charge in [0.15, 0.2) is 0 Å². The molecular weight excluding hydrogens is 273 g/mol. The van der Waals surface area contributed by atoms with Gasteiger partial charge in [0.2, 0.25) is 5.88 Å². The molecule has 1 atom stereocenters. The van der Waals surface area contributed by atoms with Crippen LogP contribution in [0.4, 0.5) is 4.39 Å². The highest BCUT2D eigenvalue weighted by atomic mass is 19.1. The molecule has 0 bridgehead atoms. The maximum absolute atomic E-state index is 13.4. The van der Waals surface area contributed by atoms with Crippen LogP contribution in [0.25, 0.3) is 11.0 Å². The van der Waals surface area contributed by atoms with Crippen LogP contribution in [0.15, 0.2) is 35.0 Å². The van der Waals surface area contributed by atoms with E-state index in [-0.39, 0.29) is 5.82 Å². The van der Waals surface area contributed by atoms with E-state index in [0.29, 0.717) is 28.3 Å². The smallest absolute Gasteiger partial charge is 0.237 e. The van der Waals surface area contributed by atoms with Crippen LogP contribution in [0.2, 0.25) is 0 Å². The van der Waals surface area contributed by atoms with Gasteiger partial charge in [-0.1, -0.05) is 0 Å². The van der Waals surface area contributed by atoms with Gasteiger partial charge in [-0.15, -0.1) is 0 Å². The van der Waals surface area contributed by atoms with Gasteiger partial charge in [-0.05, 0) is 25.1 Å². The SMILES string of the molecule is COc1nccnc1C(N)c1oc2ccc(F)cc2c1C. The molecule has 3 aromatic rings. The summed E-state index contributed by atoms with van der Waals surface area (Å²) in [6.45, 7) is 1.84. The first-order valence-corrected chi connectivity index (χ1v) is 6.41. The molecule has 0 aliphatic heterocycles. The zero-order chi connectivity index (χ0) is 15.0. The third-order valence-electron chi connectivity index (χ3n) is 3.40. The van der Waals surface area contributed by atoms with Crippen molar-refractivity contribution in [2.45, 2.75) is 13.0 Å². The molecule has 5 nitrogen and oxygen atoms in total. The second kappa shape index (κ2) is 5.14. The number of ether oxygens (including phenoxy) is 1. The van der Waals surface area contributed by atoms with E-state index in [1.54, 1.807) is 6.07 Å². The van der Waals surface area contributed by atoms with Crippen molar-refractivity contribution >= 4 is 11.0 Å². The molecule has 0 aliphatic rings. The van der Waals surface area contributed by atoms with E-state index < -0.39 is 6.04 Å². The predicted molar refractivity (Wildman–Crippen MR) is 75.5 cm³/mol. The Morgan fingerprint density at radius 1 is 1.29 bits per heavy atom. The fourth-order valence-corrected chi connectivity index (χ4v) is 2.34. The third kappa shape index (κ3) is 2.23. The van der Waals surface area contributed by atoms with Gasteiger partial charge in [-0.3, -0.25) is 4.98 Å². The molecule has 0 saturated carbocycles. The van der Waals surface area contributed by atoms with Crippen LogP contribution in [-0.4, -0.2) is 17.1 Å². The van der Waals surface area contributed by atoms with Gasteiger partial charge in [-0.2, -0.15) is 0 Å². The summed E-state index contributed by atoms with van der Waals surface area (Å²) in [5.74, 6) is 0.550. The van der Waals surface area contributed by atoms with Crippen LogP contribution in [0.1, 0.15) is 23.1 Å². The minimum absolute atomic E-state index is 0.316. The Morgan fingerprint density at radius 2 is 2.05 bits per heavy atom. The Kier molecular flexibility index (Phi) is 3.31. The highest BCUT2D eigenvalue weighted by Crippen LogP contribution is 2.33. The minimum atomic E-state index is -0.635. The second-order valence-electron chi connectivity index (χ2n) is 4.66. The molecular formula is C15H14FN3O2. The molecule has 0 aliphatic carbocycles. The molecule has 0 radical (unpaired) electrons. The van der Waals surface area contributed by atoms with Gasteiger partial charge in [0.05, 0.1) is 7.11 Å². The summed E-state index contributed by atoms with van der Waals surface area (Å²) in [6, 6.07) is 3.73. The zero-order valence-electron chi connectivity index (χ0n) is 11.6. The van der Waals surface area contributed by atoms with Gasteiger partial charge in [-0.25, -0.2) is 9.37 Å². The van der Waals surface area contributed by atoms with Gasteiger partial charge in [0.25, 0.3) is 0 Å². The molecule has 0 amide bonds. The lowest BCUT2D eigenvalue weighted by Crippen LogP contribution is -2.15. The number of nitrogens with two attached hydrogens (primary N) is 1. The van der Waals surface area contributed by atoms with Crippen LogP contribution < -0.4 is 10.5 Å². The molecule has 1 unspecified atom stereocenters. The summed E-state index contributed by atoms with van der Waals surface area (Å²) >= 11 is 0. The summed E-state index contributed by atoms with van der Waals surface area (Å²) in [5, 5.41) is 0.698. The number of fused-ring (bicyclic) bond motifs is 1. The van der Waals surface area contributed by atoms with Crippen LogP contribution in [0.5, 0.6) is 5.88 Å². The predicted octanol–water partition coefficient (Wildman–Crippen LogP) is 2.73. The first kappa shape index (κ1) is 13.5. The van der Waals surface area contributed by atoms with Crippen LogP contribution in [0, 0.1) is 12.7 Å². The minimum Gasteiger partial charge on any atom is -0.480 e. The van der Waals surface area contributed by atoms with Crippen LogP contribution >= 0.6 is 0 Å². The summed E-state index contributed by atoms with van der Waals surface area (Å²) in [6.07, 6.45) is 3.06. The fraction of sp³-hybridized carbons (Fsp3) is 0.200. The number of aromatic nitrogens is 2. The Hall–Kier alpha value is -2.47. The summed E-state index contributed by atoms with van der Waals surface area (Å²) in [4.78, 5) is 8.28. The summed E-state index contributed by atoms with van der Waals surface area (Å²) in [7, 11) is 1.50. The van der Waals surface area contributed by atoms with Crippen molar-refractivity contribution in [1.82, 2.24) is 9.97 Å². The van der Waals surface area contributed by atoms with E-state index in [1.807, 2.05) is 6.92 Å². The third-order valence-corrected chi connectivity index (χ3v) is 3.40. The average molecular weight is 287 g/mol. The van der Waals surface area contributed by atoms with Gasteiger partial charge in [0, 0.05) is 23.3 Å². The van der Waals surface area contributed by atoms with E-state index >= 15 is 0 Å². The molecule has 21 heavy (non-hydrogen) atoms. The first-order valence-electron chi connectivity index (χ1n) is 6.41. The van der Waals surface area contributed by atoms with Crippen molar-refractivity contribution in [3.63, 3.8) is 0 Å². The quantitative estimate of drug-likeness (QED) is 0.801. The van der Waals surface area contributed by atoms with Gasteiger partial charge < -0.3 is 14.9 Å². The zero-order valence-corrected chi connectivity index (χ0v) is 11.6. The molecule has 2 N–H and O–H groups in total. The lowest BCUT2D eigenvalue weighted by Gasteiger charge is -2.12. The molecule has 108 valence electrons. The lowest BCUT2D eigenvalue weighted by atomic mass is 10.1. The van der Waals surface area contributed by atoms with E-state index in [1.165, 1.54) is 31.6 Å². The molecule has 2 heterocycles. The topological polar surface area (TPSA) is 74.2 Å². The standard InChI is InChI=1S/C15H14FN3O2/c1-8-10-7-9(16)3-4-11(10)21-14(8)12(17)13-15(20-2)19-6-5-18-13/h3-7,12H,17H2,1-2H3. The summed E-state index contributed by atoms with van der Waals surface area (Å²) in [5.41, 5.74) is 8.07. The maximum Gasteiger partial charge on any atom is 0.237 e. The van der Waals surface area contributed by atoms with Crippen molar-refractivity contribution in [2.24, 2.45) is 5.73 Å². The Bertz CT molecular complexity index is 801. The normalized spacial score (nSPS) is 12.6. The van der Waals surface area contributed by atoms with Crippen molar-refractivity contribution in [2.75, 3.05) is 7.11 Å². The van der Waals surface area contributed by atoms with E-state index in [4.69, 9.17) is 14.9 Å². The molecule has 6 heteroatoms. The molecule has 1 aromatic carbocycles. The highest BCUT2D eigenvalue weighted by molar-refractivity contribution is 5.82. The monoisotopic (exact) mass is 287 g/mol. The molecule has 2 aromatic heterocycles. The number of furan rings is 1. The second-order valence-corrected chi connectivity index (χ2v) is 4.66. The van der Waals surface area contributed by atoms with Crippen molar-refractivity contribution in [3.8, 4) is 5.88 Å². The fourth-order valence-electron chi connectivity index (χ4n) is 2.34. The number of methoxy groups -OCH3 is 1. The maximum atomic E-state index is 13.4.